The van der Waals surface area contributed by atoms with E-state index in [-0.39, 0.29) is 24.0 Å². The highest BCUT2D eigenvalue weighted by molar-refractivity contribution is 14.0. The number of nitrogens with one attached hydrogen (secondary N) is 1. The second kappa shape index (κ2) is 10.7. The predicted molar refractivity (Wildman–Crippen MR) is 119 cm³/mol. The van der Waals surface area contributed by atoms with Crippen LogP contribution in [0.5, 0.6) is 0 Å². The van der Waals surface area contributed by atoms with Crippen molar-refractivity contribution in [3.63, 3.8) is 0 Å². The Hall–Kier alpha value is -0.760. The predicted octanol–water partition coefficient (Wildman–Crippen LogP) is 4.08. The minimum atomic E-state index is 0. The highest BCUT2D eigenvalue weighted by Crippen LogP contribution is 2.30. The van der Waals surface area contributed by atoms with Gasteiger partial charge in [0.2, 0.25) is 0 Å². The van der Waals surface area contributed by atoms with Crippen LogP contribution in [0.4, 0.5) is 0 Å². The zero-order valence-electron chi connectivity index (χ0n) is 16.3. The van der Waals surface area contributed by atoms with Crippen molar-refractivity contribution in [3.05, 3.63) is 24.2 Å². The molecule has 1 saturated carbocycles. The van der Waals surface area contributed by atoms with Gasteiger partial charge in [0.1, 0.15) is 5.76 Å². The molecule has 152 valence electrons. The molecule has 0 aromatic carbocycles. The Morgan fingerprint density at radius 1 is 1.15 bits per heavy atom. The van der Waals surface area contributed by atoms with Crippen molar-refractivity contribution < 1.29 is 9.15 Å². The van der Waals surface area contributed by atoms with Crippen molar-refractivity contribution in [1.29, 1.82) is 0 Å². The van der Waals surface area contributed by atoms with Gasteiger partial charge in [0, 0.05) is 45.3 Å². The third-order valence-electron chi connectivity index (χ3n) is 6.29. The van der Waals surface area contributed by atoms with Gasteiger partial charge in [0.25, 0.3) is 0 Å². The lowest BCUT2D eigenvalue weighted by molar-refractivity contribution is 0.173. The average Bonchev–Trinajstić information content (AvgIpc) is 3.42. The molecule has 1 N–H and O–H groups in total. The van der Waals surface area contributed by atoms with Crippen molar-refractivity contribution in [3.8, 4) is 0 Å². The fourth-order valence-electron chi connectivity index (χ4n) is 4.68. The van der Waals surface area contributed by atoms with Crippen LogP contribution in [0.1, 0.15) is 50.7 Å². The molecule has 27 heavy (non-hydrogen) atoms. The second-order valence-corrected chi connectivity index (χ2v) is 8.13. The quantitative estimate of drug-likeness (QED) is 0.387. The van der Waals surface area contributed by atoms with Crippen LogP contribution in [-0.2, 0) is 11.2 Å². The van der Waals surface area contributed by atoms with Gasteiger partial charge in [-0.3, -0.25) is 4.99 Å². The number of likely N-dealkylation sites (tertiary alicyclic amines) is 1. The van der Waals surface area contributed by atoms with E-state index >= 15 is 0 Å². The highest BCUT2D eigenvalue weighted by Gasteiger charge is 2.33. The summed E-state index contributed by atoms with van der Waals surface area (Å²) in [5, 5.41) is 3.80. The highest BCUT2D eigenvalue weighted by atomic mass is 127. The summed E-state index contributed by atoms with van der Waals surface area (Å²) in [5.74, 6) is 3.66. The smallest absolute Gasteiger partial charge is 0.194 e. The molecule has 2 aliphatic heterocycles. The Balaban J connectivity index is 0.00000210. The van der Waals surface area contributed by atoms with E-state index < -0.39 is 0 Å². The van der Waals surface area contributed by atoms with Crippen molar-refractivity contribution in [1.82, 2.24) is 10.2 Å². The second-order valence-electron chi connectivity index (χ2n) is 8.13. The van der Waals surface area contributed by atoms with Gasteiger partial charge in [-0.05, 0) is 49.7 Å². The normalized spacial score (nSPS) is 27.0. The maximum atomic E-state index is 5.62. The fourth-order valence-corrected chi connectivity index (χ4v) is 4.68. The lowest BCUT2D eigenvalue weighted by Gasteiger charge is -2.29. The summed E-state index contributed by atoms with van der Waals surface area (Å²) in [4.78, 5) is 7.48. The van der Waals surface area contributed by atoms with Gasteiger partial charge in [0.15, 0.2) is 5.96 Å². The minimum absolute atomic E-state index is 0. The van der Waals surface area contributed by atoms with Crippen LogP contribution in [0.15, 0.2) is 27.8 Å². The molecule has 3 heterocycles. The Morgan fingerprint density at radius 2 is 2.04 bits per heavy atom. The van der Waals surface area contributed by atoms with Crippen molar-refractivity contribution in [2.45, 2.75) is 57.4 Å². The van der Waals surface area contributed by atoms with Crippen molar-refractivity contribution in [2.75, 3.05) is 32.8 Å². The number of ether oxygens (including phenoxy) is 1. The van der Waals surface area contributed by atoms with Crippen LogP contribution in [-0.4, -0.2) is 49.7 Å². The molecule has 6 heteroatoms. The molecule has 1 aliphatic carbocycles. The number of aliphatic imine (C=N–C) groups is 1. The summed E-state index contributed by atoms with van der Waals surface area (Å²) in [7, 11) is 0. The lowest BCUT2D eigenvalue weighted by atomic mass is 9.91. The monoisotopic (exact) mass is 487 g/mol. The molecule has 4 rings (SSSR count). The molecule has 3 aliphatic rings. The SMILES string of the molecule is I.c1coc(CCN=C(NC2CCCCC2)N2CCC(C3CCOC3)C2)c1. The van der Waals surface area contributed by atoms with Crippen molar-refractivity contribution >= 4 is 29.9 Å². The van der Waals surface area contributed by atoms with E-state index in [9.17, 15) is 0 Å². The standard InChI is InChI=1S/C21H33N3O2.HI/c1-2-5-19(6-3-1)23-21(22-11-8-20-7-4-13-26-20)24-12-9-17(15-24)18-10-14-25-16-18;/h4,7,13,17-19H,1-3,5-6,8-12,14-16H2,(H,22,23);1H. The van der Waals surface area contributed by atoms with Crippen LogP contribution in [0.25, 0.3) is 0 Å². The number of furan rings is 1. The summed E-state index contributed by atoms with van der Waals surface area (Å²) in [6.07, 6.45) is 11.8. The summed E-state index contributed by atoms with van der Waals surface area (Å²) in [6, 6.07) is 4.59. The number of halogens is 1. The van der Waals surface area contributed by atoms with Gasteiger partial charge < -0.3 is 19.4 Å². The molecular weight excluding hydrogens is 453 g/mol. The summed E-state index contributed by atoms with van der Waals surface area (Å²) in [5.41, 5.74) is 0. The number of rotatable bonds is 5. The largest absolute Gasteiger partial charge is 0.469 e. The van der Waals surface area contributed by atoms with Crippen LogP contribution < -0.4 is 5.32 Å². The molecule has 0 amide bonds. The Labute approximate surface area is 180 Å². The first kappa shape index (κ1) is 21.0. The number of hydrogen-bond acceptors (Lipinski definition) is 3. The van der Waals surface area contributed by atoms with Gasteiger partial charge in [-0.15, -0.1) is 24.0 Å². The first-order chi connectivity index (χ1) is 12.9. The molecule has 0 bridgehead atoms. The first-order valence-electron chi connectivity index (χ1n) is 10.5. The maximum Gasteiger partial charge on any atom is 0.194 e. The van der Waals surface area contributed by atoms with Gasteiger partial charge in [-0.25, -0.2) is 0 Å². The number of nitrogens with zero attached hydrogens (tertiary/aromatic N) is 2. The first-order valence-corrected chi connectivity index (χ1v) is 10.5. The van der Waals surface area contributed by atoms with Gasteiger partial charge in [-0.1, -0.05) is 19.3 Å². The molecule has 3 fully saturated rings. The number of guanidine groups is 1. The average molecular weight is 487 g/mol. The van der Waals surface area contributed by atoms with Gasteiger partial charge in [-0.2, -0.15) is 0 Å². The molecule has 5 nitrogen and oxygen atoms in total. The van der Waals surface area contributed by atoms with Crippen molar-refractivity contribution in [2.24, 2.45) is 16.8 Å². The summed E-state index contributed by atoms with van der Waals surface area (Å²) < 4.78 is 11.1. The molecule has 2 atom stereocenters. The zero-order valence-corrected chi connectivity index (χ0v) is 18.6. The Kier molecular flexibility index (Phi) is 8.30. The lowest BCUT2D eigenvalue weighted by Crippen LogP contribution is -2.46. The third-order valence-corrected chi connectivity index (χ3v) is 6.29. The van der Waals surface area contributed by atoms with E-state index in [1.165, 1.54) is 44.9 Å². The van der Waals surface area contributed by atoms with Crippen LogP contribution in [0.2, 0.25) is 0 Å². The van der Waals surface area contributed by atoms with E-state index in [4.69, 9.17) is 14.1 Å². The third kappa shape index (κ3) is 5.86. The van der Waals surface area contributed by atoms with Crippen LogP contribution >= 0.6 is 24.0 Å². The van der Waals surface area contributed by atoms with Gasteiger partial charge >= 0.3 is 0 Å². The summed E-state index contributed by atoms with van der Waals surface area (Å²) >= 11 is 0. The van der Waals surface area contributed by atoms with E-state index in [1.54, 1.807) is 6.26 Å². The van der Waals surface area contributed by atoms with E-state index in [0.29, 0.717) is 6.04 Å². The molecule has 2 unspecified atom stereocenters. The van der Waals surface area contributed by atoms with E-state index in [2.05, 4.69) is 10.2 Å². The minimum Gasteiger partial charge on any atom is -0.469 e. The Bertz CT molecular complexity index is 566. The fraction of sp³-hybridized carbons (Fsp3) is 0.762. The van der Waals surface area contributed by atoms with Crippen LogP contribution in [0.3, 0.4) is 0 Å². The topological polar surface area (TPSA) is 50.0 Å². The molecular formula is C21H34IN3O2. The van der Waals surface area contributed by atoms with Crippen LogP contribution in [0, 0.1) is 11.8 Å². The molecule has 1 aromatic rings. The maximum absolute atomic E-state index is 5.62. The van der Waals surface area contributed by atoms with Gasteiger partial charge in [0.05, 0.1) is 6.26 Å². The number of hydrogen-bond donors (Lipinski definition) is 1. The van der Waals surface area contributed by atoms with E-state index in [1.807, 2.05) is 12.1 Å². The molecule has 0 radical (unpaired) electrons. The summed E-state index contributed by atoms with van der Waals surface area (Å²) in [6.45, 7) is 4.95. The van der Waals surface area contributed by atoms with E-state index in [0.717, 1.165) is 62.8 Å². The Morgan fingerprint density at radius 3 is 2.78 bits per heavy atom. The molecule has 0 spiro atoms. The molecule has 1 aromatic heterocycles. The zero-order chi connectivity index (χ0) is 17.6. The molecule has 2 saturated heterocycles.